The molecule has 0 aliphatic heterocycles. The van der Waals surface area contributed by atoms with E-state index in [1.54, 1.807) is 0 Å². The van der Waals surface area contributed by atoms with E-state index < -0.39 is 0 Å². The lowest BCUT2D eigenvalue weighted by molar-refractivity contribution is 0.342. The largest absolute Gasteiger partial charge is 0.328 e. The second-order valence-corrected chi connectivity index (χ2v) is 5.89. The van der Waals surface area contributed by atoms with Gasteiger partial charge in [-0.05, 0) is 42.7 Å². The zero-order valence-electron chi connectivity index (χ0n) is 11.7. The molecule has 0 spiro atoms. The number of rotatable bonds is 4. The Morgan fingerprint density at radius 3 is 2.61 bits per heavy atom. The number of hydrogen-bond acceptors (Lipinski definition) is 2. The Labute approximate surface area is 111 Å². The van der Waals surface area contributed by atoms with Crippen molar-refractivity contribution in [2.75, 3.05) is 0 Å². The first-order valence-electron chi connectivity index (χ1n) is 7.23. The highest BCUT2D eigenvalue weighted by atomic mass is 14.9. The number of nitrogens with two attached hydrogens (primary N) is 1. The van der Waals surface area contributed by atoms with Crippen molar-refractivity contribution in [1.29, 1.82) is 0 Å². The van der Waals surface area contributed by atoms with Crippen LogP contribution in [0.25, 0.3) is 0 Å². The van der Waals surface area contributed by atoms with E-state index in [0.29, 0.717) is 18.0 Å². The molecule has 1 aromatic carbocycles. The molecule has 1 aliphatic carbocycles. The van der Waals surface area contributed by atoms with Crippen LogP contribution in [0.3, 0.4) is 0 Å². The second-order valence-electron chi connectivity index (χ2n) is 5.89. The van der Waals surface area contributed by atoms with Crippen molar-refractivity contribution in [2.45, 2.75) is 64.1 Å². The van der Waals surface area contributed by atoms with Gasteiger partial charge in [-0.25, -0.2) is 0 Å². The van der Waals surface area contributed by atoms with E-state index in [1.807, 2.05) is 0 Å². The van der Waals surface area contributed by atoms with Crippen molar-refractivity contribution in [1.82, 2.24) is 5.32 Å². The minimum Gasteiger partial charge on any atom is -0.328 e. The summed E-state index contributed by atoms with van der Waals surface area (Å²) in [6.07, 6.45) is 4.80. The molecule has 0 saturated heterocycles. The molecule has 2 heteroatoms. The van der Waals surface area contributed by atoms with Crippen LogP contribution in [0.2, 0.25) is 0 Å². The smallest absolute Gasteiger partial charge is 0.0208 e. The zero-order valence-corrected chi connectivity index (χ0v) is 11.7. The molecule has 0 heterocycles. The predicted octanol–water partition coefficient (Wildman–Crippen LogP) is 3.17. The maximum absolute atomic E-state index is 5.93. The monoisotopic (exact) mass is 246 g/mol. The minimum atomic E-state index is 0.437. The van der Waals surface area contributed by atoms with E-state index in [-0.39, 0.29) is 0 Å². The minimum absolute atomic E-state index is 0.437. The van der Waals surface area contributed by atoms with Gasteiger partial charge in [-0.2, -0.15) is 0 Å². The lowest BCUT2D eigenvalue weighted by atomic mass is 9.91. The van der Waals surface area contributed by atoms with Gasteiger partial charge in [-0.1, -0.05) is 38.1 Å². The van der Waals surface area contributed by atoms with Crippen LogP contribution in [0.5, 0.6) is 0 Å². The predicted molar refractivity (Wildman–Crippen MR) is 77.6 cm³/mol. The molecular weight excluding hydrogens is 220 g/mol. The second kappa shape index (κ2) is 6.35. The Morgan fingerprint density at radius 2 is 1.94 bits per heavy atom. The molecule has 18 heavy (non-hydrogen) atoms. The molecule has 1 fully saturated rings. The third kappa shape index (κ3) is 3.82. The summed E-state index contributed by atoms with van der Waals surface area (Å²) in [7, 11) is 0. The molecular formula is C16H26N2. The molecule has 0 bridgehead atoms. The Bertz CT molecular complexity index is 365. The van der Waals surface area contributed by atoms with Crippen molar-refractivity contribution < 1.29 is 0 Å². The van der Waals surface area contributed by atoms with E-state index in [2.05, 4.69) is 43.4 Å². The third-order valence-corrected chi connectivity index (χ3v) is 3.98. The van der Waals surface area contributed by atoms with Gasteiger partial charge in [0, 0.05) is 18.6 Å². The standard InChI is InChI=1S/C16H26N2/c1-12(2)14-5-3-4-13(10-14)11-18-16-8-6-15(17)7-9-16/h3-5,10,12,15-16,18H,6-9,11,17H2,1-2H3. The van der Waals surface area contributed by atoms with E-state index in [4.69, 9.17) is 5.73 Å². The average Bonchev–Trinajstić information content (AvgIpc) is 2.38. The van der Waals surface area contributed by atoms with Gasteiger partial charge >= 0.3 is 0 Å². The van der Waals surface area contributed by atoms with E-state index in [0.717, 1.165) is 6.54 Å². The summed E-state index contributed by atoms with van der Waals surface area (Å²) in [6.45, 7) is 5.48. The molecule has 0 aromatic heterocycles. The summed E-state index contributed by atoms with van der Waals surface area (Å²) in [4.78, 5) is 0. The fourth-order valence-corrected chi connectivity index (χ4v) is 2.65. The molecule has 2 nitrogen and oxygen atoms in total. The van der Waals surface area contributed by atoms with Gasteiger partial charge in [0.05, 0.1) is 0 Å². The van der Waals surface area contributed by atoms with Crippen LogP contribution in [-0.4, -0.2) is 12.1 Å². The quantitative estimate of drug-likeness (QED) is 0.856. The van der Waals surface area contributed by atoms with Gasteiger partial charge in [0.25, 0.3) is 0 Å². The normalized spacial score (nSPS) is 24.4. The van der Waals surface area contributed by atoms with Crippen molar-refractivity contribution >= 4 is 0 Å². The Balaban J connectivity index is 1.84. The maximum atomic E-state index is 5.93. The van der Waals surface area contributed by atoms with E-state index in [1.165, 1.54) is 36.8 Å². The lowest BCUT2D eigenvalue weighted by Gasteiger charge is -2.27. The van der Waals surface area contributed by atoms with Crippen molar-refractivity contribution in [3.8, 4) is 0 Å². The SMILES string of the molecule is CC(C)c1cccc(CNC2CCC(N)CC2)c1. The van der Waals surface area contributed by atoms with Gasteiger partial charge in [0.2, 0.25) is 0 Å². The maximum Gasteiger partial charge on any atom is 0.0208 e. The van der Waals surface area contributed by atoms with E-state index in [9.17, 15) is 0 Å². The summed E-state index contributed by atoms with van der Waals surface area (Å²) in [6, 6.07) is 10.0. The number of benzene rings is 1. The molecule has 1 aliphatic rings. The summed E-state index contributed by atoms with van der Waals surface area (Å²) >= 11 is 0. The van der Waals surface area contributed by atoms with Crippen molar-refractivity contribution in [3.63, 3.8) is 0 Å². The first kappa shape index (κ1) is 13.6. The van der Waals surface area contributed by atoms with Crippen molar-refractivity contribution in [3.05, 3.63) is 35.4 Å². The molecule has 0 atom stereocenters. The molecule has 100 valence electrons. The van der Waals surface area contributed by atoms with Crippen LogP contribution in [0, 0.1) is 0 Å². The fourth-order valence-electron chi connectivity index (χ4n) is 2.65. The summed E-state index contributed by atoms with van der Waals surface area (Å²) < 4.78 is 0. The fraction of sp³-hybridized carbons (Fsp3) is 0.625. The summed E-state index contributed by atoms with van der Waals surface area (Å²) in [5.74, 6) is 0.609. The molecule has 0 unspecified atom stereocenters. The molecule has 0 radical (unpaired) electrons. The first-order chi connectivity index (χ1) is 8.65. The topological polar surface area (TPSA) is 38.0 Å². The summed E-state index contributed by atoms with van der Waals surface area (Å²) in [5.41, 5.74) is 8.76. The van der Waals surface area contributed by atoms with Crippen LogP contribution in [0.15, 0.2) is 24.3 Å². The van der Waals surface area contributed by atoms with Gasteiger partial charge in [0.15, 0.2) is 0 Å². The van der Waals surface area contributed by atoms with E-state index >= 15 is 0 Å². The number of nitrogens with one attached hydrogen (secondary N) is 1. The third-order valence-electron chi connectivity index (χ3n) is 3.98. The highest BCUT2D eigenvalue weighted by molar-refractivity contribution is 5.25. The Morgan fingerprint density at radius 1 is 1.22 bits per heavy atom. The van der Waals surface area contributed by atoms with Crippen LogP contribution < -0.4 is 11.1 Å². The van der Waals surface area contributed by atoms with Crippen molar-refractivity contribution in [2.24, 2.45) is 5.73 Å². The van der Waals surface area contributed by atoms with Crippen LogP contribution >= 0.6 is 0 Å². The van der Waals surface area contributed by atoms with Crippen LogP contribution in [0.1, 0.15) is 56.6 Å². The van der Waals surface area contributed by atoms with Gasteiger partial charge in [-0.15, -0.1) is 0 Å². The highest BCUT2D eigenvalue weighted by Crippen LogP contribution is 2.18. The van der Waals surface area contributed by atoms with Crippen LogP contribution in [0.4, 0.5) is 0 Å². The zero-order chi connectivity index (χ0) is 13.0. The molecule has 1 aromatic rings. The lowest BCUT2D eigenvalue weighted by Crippen LogP contribution is -2.37. The highest BCUT2D eigenvalue weighted by Gasteiger charge is 2.17. The molecule has 3 N–H and O–H groups in total. The molecule has 1 saturated carbocycles. The van der Waals surface area contributed by atoms with Gasteiger partial charge in [-0.3, -0.25) is 0 Å². The number of hydrogen-bond donors (Lipinski definition) is 2. The summed E-state index contributed by atoms with van der Waals surface area (Å²) in [5, 5.41) is 3.67. The molecule has 0 amide bonds. The van der Waals surface area contributed by atoms with Crippen LogP contribution in [-0.2, 0) is 6.54 Å². The Kier molecular flexibility index (Phi) is 4.79. The van der Waals surface area contributed by atoms with Gasteiger partial charge in [0.1, 0.15) is 0 Å². The average molecular weight is 246 g/mol. The van der Waals surface area contributed by atoms with Gasteiger partial charge < -0.3 is 11.1 Å². The first-order valence-corrected chi connectivity index (χ1v) is 7.23. The molecule has 2 rings (SSSR count). The Hall–Kier alpha value is -0.860.